The highest BCUT2D eigenvalue weighted by molar-refractivity contribution is 5.71. The SMILES string of the molecule is CC.CC.CCC(=O)OCCN(C)C(N)=O. The number of rotatable bonds is 4. The highest BCUT2D eigenvalue weighted by Gasteiger charge is 2.03. The molecule has 0 aromatic rings. The van der Waals surface area contributed by atoms with E-state index in [1.807, 2.05) is 27.7 Å². The van der Waals surface area contributed by atoms with Crippen molar-refractivity contribution in [1.82, 2.24) is 4.90 Å². The Morgan fingerprint density at radius 2 is 1.62 bits per heavy atom. The summed E-state index contributed by atoms with van der Waals surface area (Å²) in [6, 6.07) is -0.525. The summed E-state index contributed by atoms with van der Waals surface area (Å²) in [5, 5.41) is 0. The first-order chi connectivity index (χ1) is 7.57. The minimum absolute atomic E-state index is 0.201. The number of urea groups is 1. The van der Waals surface area contributed by atoms with Crippen molar-refractivity contribution in [3.8, 4) is 0 Å². The second-order valence-electron chi connectivity index (χ2n) is 2.33. The number of primary amides is 1. The molecule has 0 aromatic heterocycles. The van der Waals surface area contributed by atoms with Gasteiger partial charge in [-0.3, -0.25) is 4.79 Å². The van der Waals surface area contributed by atoms with Crippen LogP contribution in [0, 0.1) is 0 Å². The Balaban J connectivity index is -0.000000376. The quantitative estimate of drug-likeness (QED) is 0.756. The number of esters is 1. The van der Waals surface area contributed by atoms with Crippen molar-refractivity contribution >= 4 is 12.0 Å². The molecule has 0 saturated carbocycles. The predicted molar refractivity (Wildman–Crippen MR) is 66.2 cm³/mol. The molecule has 2 amide bonds. The molecule has 0 rings (SSSR count). The Kier molecular flexibility index (Phi) is 20.4. The van der Waals surface area contributed by atoms with Gasteiger partial charge in [0.05, 0.1) is 6.54 Å². The summed E-state index contributed by atoms with van der Waals surface area (Å²) < 4.78 is 4.72. The summed E-state index contributed by atoms with van der Waals surface area (Å²) in [7, 11) is 1.54. The standard InChI is InChI=1S/C7H14N2O3.2C2H6/c1-3-6(10)12-5-4-9(2)7(8)11;2*1-2/h3-5H2,1-2H3,(H2,8,11);2*1-2H3. The average Bonchev–Trinajstić information content (AvgIpc) is 2.33. The zero-order chi connectivity index (χ0) is 13.6. The second kappa shape index (κ2) is 16.2. The second-order valence-corrected chi connectivity index (χ2v) is 2.33. The van der Waals surface area contributed by atoms with Gasteiger partial charge < -0.3 is 15.4 Å². The molecular weight excluding hydrogens is 208 g/mol. The molecule has 0 atom stereocenters. The van der Waals surface area contributed by atoms with Gasteiger partial charge in [-0.1, -0.05) is 34.6 Å². The maximum atomic E-state index is 10.6. The summed E-state index contributed by atoms with van der Waals surface area (Å²) in [5.41, 5.74) is 4.93. The van der Waals surface area contributed by atoms with Crippen LogP contribution in [0.5, 0.6) is 0 Å². The molecule has 5 nitrogen and oxygen atoms in total. The number of hydrogen-bond acceptors (Lipinski definition) is 3. The molecule has 0 aliphatic heterocycles. The lowest BCUT2D eigenvalue weighted by molar-refractivity contribution is -0.143. The zero-order valence-electron chi connectivity index (χ0n) is 11.4. The van der Waals surface area contributed by atoms with Crippen molar-refractivity contribution in [1.29, 1.82) is 0 Å². The van der Waals surface area contributed by atoms with E-state index in [1.165, 1.54) is 4.90 Å². The van der Waals surface area contributed by atoms with Gasteiger partial charge in [0.2, 0.25) is 0 Å². The van der Waals surface area contributed by atoms with Gasteiger partial charge in [-0.25, -0.2) is 4.79 Å². The van der Waals surface area contributed by atoms with Gasteiger partial charge in [0.25, 0.3) is 0 Å². The van der Waals surface area contributed by atoms with Crippen LogP contribution >= 0.6 is 0 Å². The van der Waals surface area contributed by atoms with E-state index in [1.54, 1.807) is 14.0 Å². The van der Waals surface area contributed by atoms with Crippen LogP contribution < -0.4 is 5.73 Å². The van der Waals surface area contributed by atoms with Crippen LogP contribution in [0.4, 0.5) is 4.79 Å². The lowest BCUT2D eigenvalue weighted by atomic mass is 10.5. The van der Waals surface area contributed by atoms with Crippen molar-refractivity contribution in [3.63, 3.8) is 0 Å². The van der Waals surface area contributed by atoms with Crippen molar-refractivity contribution < 1.29 is 14.3 Å². The monoisotopic (exact) mass is 234 g/mol. The van der Waals surface area contributed by atoms with Gasteiger partial charge in [-0.2, -0.15) is 0 Å². The molecule has 0 fully saturated rings. The number of hydrogen-bond donors (Lipinski definition) is 1. The van der Waals surface area contributed by atoms with Crippen LogP contribution in [0.15, 0.2) is 0 Å². The highest BCUT2D eigenvalue weighted by atomic mass is 16.5. The number of nitrogens with two attached hydrogens (primary N) is 1. The smallest absolute Gasteiger partial charge is 0.314 e. The molecule has 98 valence electrons. The Hall–Kier alpha value is -1.26. The topological polar surface area (TPSA) is 72.6 Å². The number of nitrogens with zero attached hydrogens (tertiary/aromatic N) is 1. The number of likely N-dealkylation sites (N-methyl/N-ethyl adjacent to an activating group) is 1. The first kappa shape index (κ1) is 20.2. The Morgan fingerprint density at radius 3 is 1.94 bits per heavy atom. The summed E-state index contributed by atoms with van der Waals surface area (Å²) in [4.78, 5) is 22.3. The Bertz CT molecular complexity index is 173. The zero-order valence-corrected chi connectivity index (χ0v) is 11.4. The number of carbonyl (C=O) groups is 2. The van der Waals surface area contributed by atoms with E-state index in [-0.39, 0.29) is 12.6 Å². The van der Waals surface area contributed by atoms with Gasteiger partial charge in [-0.15, -0.1) is 0 Å². The van der Waals surface area contributed by atoms with Gasteiger partial charge in [-0.05, 0) is 0 Å². The highest BCUT2D eigenvalue weighted by Crippen LogP contribution is 1.86. The van der Waals surface area contributed by atoms with E-state index in [0.717, 1.165) is 0 Å². The normalized spacial score (nSPS) is 7.62. The fraction of sp³-hybridized carbons (Fsp3) is 0.818. The summed E-state index contributed by atoms with van der Waals surface area (Å²) in [6.07, 6.45) is 0.348. The van der Waals surface area contributed by atoms with Gasteiger partial charge in [0.15, 0.2) is 0 Å². The molecule has 0 unspecified atom stereocenters. The van der Waals surface area contributed by atoms with E-state index >= 15 is 0 Å². The largest absolute Gasteiger partial charge is 0.464 e. The molecule has 0 aliphatic rings. The third-order valence-electron chi connectivity index (χ3n) is 1.35. The van der Waals surface area contributed by atoms with Crippen LogP contribution in [-0.4, -0.2) is 37.1 Å². The third-order valence-corrected chi connectivity index (χ3v) is 1.35. The minimum atomic E-state index is -0.525. The van der Waals surface area contributed by atoms with E-state index < -0.39 is 6.03 Å². The predicted octanol–water partition coefficient (Wildman–Crippen LogP) is 2.00. The molecule has 5 heteroatoms. The van der Waals surface area contributed by atoms with Gasteiger partial charge >= 0.3 is 12.0 Å². The van der Waals surface area contributed by atoms with Crippen LogP contribution in [0.2, 0.25) is 0 Å². The van der Waals surface area contributed by atoms with Crippen LogP contribution in [0.1, 0.15) is 41.0 Å². The van der Waals surface area contributed by atoms with Crippen molar-refractivity contribution in [2.45, 2.75) is 41.0 Å². The first-order valence-corrected chi connectivity index (χ1v) is 5.74. The minimum Gasteiger partial charge on any atom is -0.464 e. The first-order valence-electron chi connectivity index (χ1n) is 5.74. The van der Waals surface area contributed by atoms with Crippen LogP contribution in [0.25, 0.3) is 0 Å². The van der Waals surface area contributed by atoms with E-state index in [4.69, 9.17) is 10.5 Å². The number of carbonyl (C=O) groups excluding carboxylic acids is 2. The van der Waals surface area contributed by atoms with E-state index in [9.17, 15) is 9.59 Å². The maximum Gasteiger partial charge on any atom is 0.314 e. The van der Waals surface area contributed by atoms with Crippen LogP contribution in [-0.2, 0) is 9.53 Å². The van der Waals surface area contributed by atoms with Crippen molar-refractivity contribution in [2.24, 2.45) is 5.73 Å². The molecule has 0 spiro atoms. The number of amides is 2. The van der Waals surface area contributed by atoms with Crippen LogP contribution in [0.3, 0.4) is 0 Å². The third kappa shape index (κ3) is 15.2. The molecule has 0 bridgehead atoms. The molecule has 0 radical (unpaired) electrons. The lowest BCUT2D eigenvalue weighted by Gasteiger charge is -2.13. The number of ether oxygens (including phenoxy) is 1. The Labute approximate surface area is 98.9 Å². The summed E-state index contributed by atoms with van der Waals surface area (Å²) >= 11 is 0. The lowest BCUT2D eigenvalue weighted by Crippen LogP contribution is -2.34. The molecule has 2 N–H and O–H groups in total. The molecule has 16 heavy (non-hydrogen) atoms. The van der Waals surface area contributed by atoms with Crippen molar-refractivity contribution in [3.05, 3.63) is 0 Å². The summed E-state index contributed by atoms with van der Waals surface area (Å²) in [5.74, 6) is -0.270. The fourth-order valence-electron chi connectivity index (χ4n) is 0.509. The van der Waals surface area contributed by atoms with Gasteiger partial charge in [0.1, 0.15) is 6.61 Å². The molecular formula is C11H26N2O3. The van der Waals surface area contributed by atoms with E-state index in [0.29, 0.717) is 13.0 Å². The molecule has 0 aliphatic carbocycles. The van der Waals surface area contributed by atoms with Gasteiger partial charge in [0, 0.05) is 13.5 Å². The average molecular weight is 234 g/mol. The molecule has 0 heterocycles. The van der Waals surface area contributed by atoms with E-state index in [2.05, 4.69) is 0 Å². The molecule has 0 aromatic carbocycles. The van der Waals surface area contributed by atoms with Crippen molar-refractivity contribution in [2.75, 3.05) is 20.2 Å². The molecule has 0 saturated heterocycles. The fourth-order valence-corrected chi connectivity index (χ4v) is 0.509. The summed E-state index contributed by atoms with van der Waals surface area (Å²) in [6.45, 7) is 10.2. The Morgan fingerprint density at radius 1 is 1.19 bits per heavy atom. The maximum absolute atomic E-state index is 10.6.